The first-order valence-corrected chi connectivity index (χ1v) is 29.7. The molecule has 23 nitrogen and oxygen atoms in total. The second-order valence-corrected chi connectivity index (χ2v) is 23.6. The normalized spacial score (nSPS) is 25.7. The number of carbonyl (C=O) groups is 11. The summed E-state index contributed by atoms with van der Waals surface area (Å²) in [5.74, 6) is -10.6. The second kappa shape index (κ2) is 33.4. The van der Waals surface area contributed by atoms with Gasteiger partial charge in [-0.2, -0.15) is 0 Å². The number of likely N-dealkylation sites (N-methyl/N-ethyl adjacent to an activating group) is 5. The number of fused-ring (bicyclic) bond motifs is 1. The molecule has 2 heterocycles. The van der Waals surface area contributed by atoms with E-state index in [1.807, 2.05) is 13.8 Å². The van der Waals surface area contributed by atoms with E-state index < -0.39 is 162 Å². The molecule has 0 unspecified atom stereocenters. The molecule has 11 atom stereocenters. The van der Waals surface area contributed by atoms with Crippen molar-refractivity contribution in [2.45, 2.75) is 176 Å². The van der Waals surface area contributed by atoms with E-state index in [-0.39, 0.29) is 32.6 Å². The molecule has 474 valence electrons. The molecule has 0 saturated carbocycles. The summed E-state index contributed by atoms with van der Waals surface area (Å²) in [4.78, 5) is 167. The first-order valence-electron chi connectivity index (χ1n) is 29.7. The summed E-state index contributed by atoms with van der Waals surface area (Å²) in [7, 11) is 6.90. The van der Waals surface area contributed by atoms with Crippen LogP contribution in [0.15, 0.2) is 49.6 Å². The minimum absolute atomic E-state index is 0.106. The highest BCUT2D eigenvalue weighted by Gasteiger charge is 2.46. The highest BCUT2D eigenvalue weighted by atomic mass is 16.6. The summed E-state index contributed by atoms with van der Waals surface area (Å²) in [6.07, 6.45) is 2.64. The number of hydrogen-bond acceptors (Lipinski definition) is 14. The quantitative estimate of drug-likeness (QED) is 0.158. The average molecular weight is 1190 g/mol. The first kappa shape index (κ1) is 71.9. The van der Waals surface area contributed by atoms with Crippen LogP contribution in [0.1, 0.15) is 120 Å². The molecule has 2 aliphatic rings. The number of nitrogens with one attached hydrogen (secondary N) is 3. The SMILES string of the molecule is C=CCOC(=O)C[C@H]1C(=O)N(C)[C@@H]([C@@H](C)CC)C(=O)N(C)[C@@H]([C@@H](C)CC)C(=O)NCC(=O)N(C)[C@@H](C(C)C)C(=O)N[C@@H](Cc2ccc(OCC=C)cc2)C(=O)O[C@H](C)C(=O)N2CCCC[C@H]2C(=O)N(C)[C@@H](C(C)C)C(=O)N[C@@H](C(C)C)C(=O)N1C. The summed E-state index contributed by atoms with van der Waals surface area (Å²) < 4.78 is 16.8. The van der Waals surface area contributed by atoms with Crippen molar-refractivity contribution in [3.05, 3.63) is 55.1 Å². The van der Waals surface area contributed by atoms with E-state index in [0.717, 1.165) is 14.7 Å². The van der Waals surface area contributed by atoms with E-state index in [9.17, 15) is 43.2 Å². The standard InChI is InChI=1S/C62H97N9O14/c1-19-31-83-43-28-26-42(27-29-43)33-44-62(82)85-41(13)57(77)71-30-24-23-25-45(71)58(78)68(16)51(38(9)10)56(76)65-49(36(5)6)60(80)66(14)46(34-48(73)84-32-20-2)59(79)70(18)53(40(12)22-4)61(81)69(17)52(39(11)21-3)54(74)63-35-47(72)67(15)50(37(7)8)55(75)64-44/h19-20,26-29,36-41,44-46,49-53H,1-2,21-25,30-35H2,3-18H3,(H,63,74)(H,64,75)(H,65,76)/t39-,40-,41+,44-,45-,46-,49-,50-,51-,52-,53-/m0/s1. The van der Waals surface area contributed by atoms with Gasteiger partial charge in [0.25, 0.3) is 5.91 Å². The lowest BCUT2D eigenvalue weighted by atomic mass is 9.92. The van der Waals surface area contributed by atoms with Gasteiger partial charge in [-0.05, 0) is 73.5 Å². The molecule has 0 radical (unpaired) electrons. The predicted molar refractivity (Wildman–Crippen MR) is 320 cm³/mol. The van der Waals surface area contributed by atoms with Crippen molar-refractivity contribution >= 4 is 65.1 Å². The Hall–Kier alpha value is -7.33. The number of nitrogens with zero attached hydrogens (tertiary/aromatic N) is 6. The minimum atomic E-state index is -1.60. The fourth-order valence-electron chi connectivity index (χ4n) is 11.0. The van der Waals surface area contributed by atoms with Gasteiger partial charge in [0.1, 0.15) is 67.3 Å². The van der Waals surface area contributed by atoms with E-state index in [2.05, 4.69) is 29.1 Å². The van der Waals surface area contributed by atoms with Crippen LogP contribution in [0, 0.1) is 29.6 Å². The predicted octanol–water partition coefficient (Wildman–Crippen LogP) is 3.52. The highest BCUT2D eigenvalue weighted by molar-refractivity contribution is 5.99. The Morgan fingerprint density at radius 1 is 0.635 bits per heavy atom. The van der Waals surface area contributed by atoms with Crippen LogP contribution in [0.2, 0.25) is 0 Å². The Kier molecular flexibility index (Phi) is 28.3. The van der Waals surface area contributed by atoms with Gasteiger partial charge in [-0.25, -0.2) is 4.79 Å². The second-order valence-electron chi connectivity index (χ2n) is 23.6. The van der Waals surface area contributed by atoms with Gasteiger partial charge in [0.05, 0.1) is 13.0 Å². The molecule has 0 bridgehead atoms. The number of cyclic esters (lactones) is 1. The van der Waals surface area contributed by atoms with Crippen LogP contribution in [0.4, 0.5) is 0 Å². The van der Waals surface area contributed by atoms with Gasteiger partial charge in [0.15, 0.2) is 6.10 Å². The van der Waals surface area contributed by atoms with Gasteiger partial charge < -0.3 is 59.6 Å². The molecule has 0 aliphatic carbocycles. The average Bonchev–Trinajstić information content (AvgIpc) is 3.63. The Balaban J connectivity index is 2.30. The van der Waals surface area contributed by atoms with Crippen LogP contribution < -0.4 is 20.7 Å². The van der Waals surface area contributed by atoms with Crippen molar-refractivity contribution in [2.24, 2.45) is 29.6 Å². The molecular weight excluding hydrogens is 1090 g/mol. The number of esters is 2. The number of piperidine rings is 1. The smallest absolute Gasteiger partial charge is 0.329 e. The van der Waals surface area contributed by atoms with Crippen LogP contribution in [-0.4, -0.2) is 210 Å². The van der Waals surface area contributed by atoms with Gasteiger partial charge in [-0.1, -0.05) is 120 Å². The summed E-state index contributed by atoms with van der Waals surface area (Å²) in [5.41, 5.74) is 0.570. The lowest BCUT2D eigenvalue weighted by Crippen LogP contribution is -2.63. The number of rotatable bonds is 16. The molecule has 2 fully saturated rings. The van der Waals surface area contributed by atoms with Crippen LogP contribution in [0.25, 0.3) is 0 Å². The lowest BCUT2D eigenvalue weighted by Gasteiger charge is -2.41. The Morgan fingerprint density at radius 3 is 1.73 bits per heavy atom. The van der Waals surface area contributed by atoms with E-state index in [1.165, 1.54) is 62.9 Å². The molecule has 0 aromatic heterocycles. The Labute approximate surface area is 503 Å². The number of hydrogen-bond donors (Lipinski definition) is 3. The van der Waals surface area contributed by atoms with E-state index in [0.29, 0.717) is 37.0 Å². The summed E-state index contributed by atoms with van der Waals surface area (Å²) in [6.45, 7) is 25.4. The minimum Gasteiger partial charge on any atom is -0.490 e. The van der Waals surface area contributed by atoms with Crippen molar-refractivity contribution in [2.75, 3.05) is 61.5 Å². The molecule has 0 spiro atoms. The molecule has 23 heteroatoms. The van der Waals surface area contributed by atoms with Crippen molar-refractivity contribution in [1.82, 2.24) is 45.3 Å². The van der Waals surface area contributed by atoms with Crippen molar-refractivity contribution in [3.8, 4) is 5.75 Å². The van der Waals surface area contributed by atoms with Gasteiger partial charge in [0, 0.05) is 48.2 Å². The molecular formula is C62H97N9O14. The summed E-state index contributed by atoms with van der Waals surface area (Å²) in [5, 5.41) is 8.28. The number of amides is 9. The number of carbonyl (C=O) groups excluding carboxylic acids is 11. The molecule has 1 aromatic rings. The summed E-state index contributed by atoms with van der Waals surface area (Å²) in [6, 6.07) is -3.63. The van der Waals surface area contributed by atoms with Crippen LogP contribution in [-0.2, 0) is 68.6 Å². The lowest BCUT2D eigenvalue weighted by molar-refractivity contribution is -0.165. The Morgan fingerprint density at radius 2 is 1.18 bits per heavy atom. The van der Waals surface area contributed by atoms with E-state index in [4.69, 9.17) is 14.2 Å². The third-order valence-electron chi connectivity index (χ3n) is 16.3. The van der Waals surface area contributed by atoms with Gasteiger partial charge in [0.2, 0.25) is 47.3 Å². The maximum absolute atomic E-state index is 15.1. The maximum atomic E-state index is 15.1. The van der Waals surface area contributed by atoms with Crippen LogP contribution in [0.5, 0.6) is 5.75 Å². The fourth-order valence-corrected chi connectivity index (χ4v) is 11.0. The number of ether oxygens (including phenoxy) is 3. The molecule has 85 heavy (non-hydrogen) atoms. The van der Waals surface area contributed by atoms with E-state index in [1.54, 1.807) is 85.7 Å². The van der Waals surface area contributed by atoms with Crippen LogP contribution >= 0.6 is 0 Å². The van der Waals surface area contributed by atoms with Crippen LogP contribution in [0.3, 0.4) is 0 Å². The van der Waals surface area contributed by atoms with Crippen molar-refractivity contribution < 1.29 is 67.0 Å². The third-order valence-corrected chi connectivity index (χ3v) is 16.3. The van der Waals surface area contributed by atoms with E-state index >= 15 is 9.59 Å². The molecule has 2 saturated heterocycles. The van der Waals surface area contributed by atoms with Gasteiger partial charge in [-0.15, -0.1) is 0 Å². The third kappa shape index (κ3) is 18.8. The summed E-state index contributed by atoms with van der Waals surface area (Å²) >= 11 is 0. The largest absolute Gasteiger partial charge is 0.490 e. The van der Waals surface area contributed by atoms with Crippen molar-refractivity contribution in [3.63, 3.8) is 0 Å². The van der Waals surface area contributed by atoms with Crippen molar-refractivity contribution in [1.29, 1.82) is 0 Å². The monoisotopic (exact) mass is 1190 g/mol. The number of benzene rings is 1. The first-order chi connectivity index (χ1) is 39.9. The highest BCUT2D eigenvalue weighted by Crippen LogP contribution is 2.27. The Bertz CT molecular complexity index is 2540. The zero-order valence-electron chi connectivity index (χ0n) is 53.1. The molecule has 9 amide bonds. The maximum Gasteiger partial charge on any atom is 0.329 e. The molecule has 2 aliphatic heterocycles. The van der Waals surface area contributed by atoms with Gasteiger partial charge >= 0.3 is 11.9 Å². The van der Waals surface area contributed by atoms with Gasteiger partial charge in [-0.3, -0.25) is 47.9 Å². The fraction of sp³-hybridized carbons (Fsp3) is 0.661. The molecule has 3 N–H and O–H groups in total. The zero-order valence-corrected chi connectivity index (χ0v) is 53.1. The molecule has 1 aromatic carbocycles. The topological polar surface area (TPSA) is 271 Å². The zero-order chi connectivity index (χ0) is 64.3. The molecule has 3 rings (SSSR count).